The van der Waals surface area contributed by atoms with E-state index in [2.05, 4.69) is 12.2 Å². The van der Waals surface area contributed by atoms with Gasteiger partial charge in [-0.25, -0.2) is 4.79 Å². The molecule has 0 radical (unpaired) electrons. The number of carbonyl (C=O) groups excluding carboxylic acids is 1. The quantitative estimate of drug-likeness (QED) is 0.268. The highest BCUT2D eigenvalue weighted by atomic mass is 16.4. The molecule has 0 heterocycles. The standard InChI is InChI=1S/C22H44N2O4/c1-3-4-5-6-7-8-9-10-11-12-13-14-15-16-21(26)23-19-20(2)24(17-18-25)22(27)28/h20,25H,3-19H2,1-2H3,(H,23,26)(H,27,28). The Kier molecular flexibility index (Phi) is 18.2. The summed E-state index contributed by atoms with van der Waals surface area (Å²) < 4.78 is 0. The van der Waals surface area contributed by atoms with Gasteiger partial charge in [0.05, 0.1) is 6.61 Å². The highest BCUT2D eigenvalue weighted by Crippen LogP contribution is 2.13. The van der Waals surface area contributed by atoms with Crippen LogP contribution in [0.25, 0.3) is 0 Å². The number of unbranched alkanes of at least 4 members (excludes halogenated alkanes) is 12. The molecule has 6 nitrogen and oxygen atoms in total. The Hall–Kier alpha value is -1.30. The predicted octanol–water partition coefficient (Wildman–Crippen LogP) is 4.94. The summed E-state index contributed by atoms with van der Waals surface area (Å²) in [7, 11) is 0. The van der Waals surface area contributed by atoms with E-state index in [1.54, 1.807) is 6.92 Å². The first-order valence-electron chi connectivity index (χ1n) is 11.4. The van der Waals surface area contributed by atoms with Crippen LogP contribution in [0, 0.1) is 0 Å². The molecule has 0 aromatic rings. The Morgan fingerprint density at radius 1 is 0.857 bits per heavy atom. The third-order valence-corrected chi connectivity index (χ3v) is 5.22. The van der Waals surface area contributed by atoms with E-state index in [1.165, 1.54) is 70.6 Å². The van der Waals surface area contributed by atoms with E-state index in [-0.39, 0.29) is 31.6 Å². The minimum absolute atomic E-state index is 0.0238. The summed E-state index contributed by atoms with van der Waals surface area (Å²) in [6.45, 7) is 4.11. The Balaban J connectivity index is 3.49. The maximum atomic E-state index is 11.9. The highest BCUT2D eigenvalue weighted by molar-refractivity contribution is 5.76. The number of amides is 2. The maximum Gasteiger partial charge on any atom is 0.407 e. The zero-order valence-corrected chi connectivity index (χ0v) is 18.3. The number of nitrogens with one attached hydrogen (secondary N) is 1. The van der Waals surface area contributed by atoms with Gasteiger partial charge in [-0.2, -0.15) is 0 Å². The summed E-state index contributed by atoms with van der Waals surface area (Å²) in [6, 6.07) is -0.347. The van der Waals surface area contributed by atoms with Crippen molar-refractivity contribution in [2.24, 2.45) is 0 Å². The van der Waals surface area contributed by atoms with Crippen molar-refractivity contribution < 1.29 is 19.8 Å². The summed E-state index contributed by atoms with van der Waals surface area (Å²) in [5, 5.41) is 20.8. The Morgan fingerprint density at radius 3 is 1.75 bits per heavy atom. The monoisotopic (exact) mass is 400 g/mol. The van der Waals surface area contributed by atoms with E-state index >= 15 is 0 Å². The fourth-order valence-corrected chi connectivity index (χ4v) is 3.38. The van der Waals surface area contributed by atoms with Crippen LogP contribution in [0.2, 0.25) is 0 Å². The lowest BCUT2D eigenvalue weighted by Gasteiger charge is -2.25. The molecule has 0 saturated heterocycles. The van der Waals surface area contributed by atoms with Crippen LogP contribution in [0.15, 0.2) is 0 Å². The average Bonchev–Trinajstić information content (AvgIpc) is 2.67. The number of hydrogen-bond donors (Lipinski definition) is 3. The molecular formula is C22H44N2O4. The zero-order valence-electron chi connectivity index (χ0n) is 18.3. The van der Waals surface area contributed by atoms with Gasteiger partial charge in [0.25, 0.3) is 0 Å². The molecule has 0 spiro atoms. The summed E-state index contributed by atoms with van der Waals surface area (Å²) in [6.07, 6.45) is 16.0. The molecule has 0 aliphatic rings. The van der Waals surface area contributed by atoms with Crippen molar-refractivity contribution in [1.29, 1.82) is 0 Å². The summed E-state index contributed by atoms with van der Waals surface area (Å²) in [5.74, 6) is -0.0238. The molecule has 0 bridgehead atoms. The fraction of sp³-hybridized carbons (Fsp3) is 0.909. The molecular weight excluding hydrogens is 356 g/mol. The number of aliphatic hydroxyl groups excluding tert-OH is 1. The molecule has 1 atom stereocenters. The molecule has 166 valence electrons. The van der Waals surface area contributed by atoms with E-state index < -0.39 is 6.09 Å². The maximum absolute atomic E-state index is 11.9. The van der Waals surface area contributed by atoms with Crippen LogP contribution in [0.5, 0.6) is 0 Å². The van der Waals surface area contributed by atoms with Crippen LogP contribution in [0.1, 0.15) is 104 Å². The Morgan fingerprint density at radius 2 is 1.32 bits per heavy atom. The third kappa shape index (κ3) is 15.7. The van der Waals surface area contributed by atoms with E-state index in [9.17, 15) is 9.59 Å². The fourth-order valence-electron chi connectivity index (χ4n) is 3.38. The number of rotatable bonds is 19. The van der Waals surface area contributed by atoms with Crippen LogP contribution in [0.3, 0.4) is 0 Å². The molecule has 0 aromatic heterocycles. The van der Waals surface area contributed by atoms with Crippen molar-refractivity contribution in [3.8, 4) is 0 Å². The van der Waals surface area contributed by atoms with Crippen molar-refractivity contribution >= 4 is 12.0 Å². The van der Waals surface area contributed by atoms with Gasteiger partial charge in [0.1, 0.15) is 0 Å². The second-order valence-electron chi connectivity index (χ2n) is 7.85. The molecule has 0 aliphatic carbocycles. The van der Waals surface area contributed by atoms with Crippen molar-refractivity contribution in [3.05, 3.63) is 0 Å². The lowest BCUT2D eigenvalue weighted by Crippen LogP contribution is -2.45. The second kappa shape index (κ2) is 19.0. The molecule has 0 aliphatic heterocycles. The van der Waals surface area contributed by atoms with Gasteiger partial charge in [-0.1, -0.05) is 84.0 Å². The lowest BCUT2D eigenvalue weighted by atomic mass is 10.0. The third-order valence-electron chi connectivity index (χ3n) is 5.22. The molecule has 6 heteroatoms. The van der Waals surface area contributed by atoms with E-state index in [0.717, 1.165) is 17.7 Å². The summed E-state index contributed by atoms with van der Waals surface area (Å²) in [4.78, 5) is 24.1. The number of carboxylic acid groups (broad SMARTS) is 1. The largest absolute Gasteiger partial charge is 0.465 e. The topological polar surface area (TPSA) is 89.9 Å². The molecule has 0 rings (SSSR count). The minimum atomic E-state index is -1.08. The molecule has 0 aromatic carbocycles. The van der Waals surface area contributed by atoms with Crippen LogP contribution in [-0.4, -0.2) is 52.9 Å². The first-order valence-corrected chi connectivity index (χ1v) is 11.4. The van der Waals surface area contributed by atoms with Gasteiger partial charge in [0.2, 0.25) is 5.91 Å². The van der Waals surface area contributed by atoms with Crippen LogP contribution in [-0.2, 0) is 4.79 Å². The van der Waals surface area contributed by atoms with Gasteiger partial charge in [0.15, 0.2) is 0 Å². The zero-order chi connectivity index (χ0) is 21.0. The smallest absolute Gasteiger partial charge is 0.407 e. The second-order valence-corrected chi connectivity index (χ2v) is 7.85. The number of nitrogens with zero attached hydrogens (tertiary/aromatic N) is 1. The van der Waals surface area contributed by atoms with Crippen molar-refractivity contribution in [2.45, 2.75) is 110 Å². The van der Waals surface area contributed by atoms with Crippen molar-refractivity contribution in [2.75, 3.05) is 19.7 Å². The lowest BCUT2D eigenvalue weighted by molar-refractivity contribution is -0.121. The van der Waals surface area contributed by atoms with E-state index in [4.69, 9.17) is 10.2 Å². The molecule has 1 unspecified atom stereocenters. The number of aliphatic hydroxyl groups is 1. The van der Waals surface area contributed by atoms with Gasteiger partial charge >= 0.3 is 6.09 Å². The first-order chi connectivity index (χ1) is 13.5. The van der Waals surface area contributed by atoms with Crippen molar-refractivity contribution in [3.63, 3.8) is 0 Å². The molecule has 3 N–H and O–H groups in total. The van der Waals surface area contributed by atoms with Gasteiger partial charge in [-0.3, -0.25) is 4.79 Å². The Labute approximate surface area is 172 Å². The van der Waals surface area contributed by atoms with E-state index in [1.807, 2.05) is 0 Å². The molecule has 0 saturated carbocycles. The van der Waals surface area contributed by atoms with Gasteiger partial charge in [-0.05, 0) is 13.3 Å². The summed E-state index contributed by atoms with van der Waals surface area (Å²) >= 11 is 0. The van der Waals surface area contributed by atoms with Gasteiger partial charge in [0, 0.05) is 25.6 Å². The SMILES string of the molecule is CCCCCCCCCCCCCCCC(=O)NCC(C)N(CCO)C(=O)O. The predicted molar refractivity (Wildman–Crippen MR) is 115 cm³/mol. The van der Waals surface area contributed by atoms with Crippen LogP contribution in [0.4, 0.5) is 4.79 Å². The molecule has 28 heavy (non-hydrogen) atoms. The van der Waals surface area contributed by atoms with Gasteiger partial charge < -0.3 is 20.4 Å². The number of hydrogen-bond acceptors (Lipinski definition) is 3. The summed E-state index contributed by atoms with van der Waals surface area (Å²) in [5.41, 5.74) is 0. The van der Waals surface area contributed by atoms with Crippen molar-refractivity contribution in [1.82, 2.24) is 10.2 Å². The highest BCUT2D eigenvalue weighted by Gasteiger charge is 2.18. The van der Waals surface area contributed by atoms with Crippen LogP contribution < -0.4 is 5.32 Å². The van der Waals surface area contributed by atoms with E-state index in [0.29, 0.717) is 6.42 Å². The van der Waals surface area contributed by atoms with Gasteiger partial charge in [-0.15, -0.1) is 0 Å². The average molecular weight is 401 g/mol. The Bertz CT molecular complexity index is 391. The molecule has 2 amide bonds. The van der Waals surface area contributed by atoms with Crippen LogP contribution >= 0.6 is 0 Å². The molecule has 0 fully saturated rings. The number of carbonyl (C=O) groups is 2. The minimum Gasteiger partial charge on any atom is -0.465 e. The normalized spacial score (nSPS) is 12.0. The first kappa shape index (κ1) is 26.7.